The number of Topliss-reactive ketones (excluding diaryl/α,β-unsaturated/α-hetero) is 2. The molecule has 4 atom stereocenters. The average molecular weight is 1460 g/mol. The lowest BCUT2D eigenvalue weighted by Crippen LogP contribution is -2.74. The maximum atomic E-state index is 13.1. The van der Waals surface area contributed by atoms with E-state index in [1.54, 1.807) is 64.3 Å². The van der Waals surface area contributed by atoms with Gasteiger partial charge in [-0.15, -0.1) is 10.2 Å². The largest absolute Gasteiger partial charge is 0.475 e. The molecule has 0 saturated heterocycles. The topological polar surface area (TPSA) is 393 Å². The monoisotopic (exact) mass is 1460 g/mol. The van der Waals surface area contributed by atoms with Crippen LogP contribution in [0.5, 0.6) is 0 Å². The van der Waals surface area contributed by atoms with Crippen LogP contribution in [0, 0.1) is 25.7 Å². The highest BCUT2D eigenvalue weighted by atomic mass is 35.5. The molecule has 25 nitrogen and oxygen atoms in total. The van der Waals surface area contributed by atoms with Crippen molar-refractivity contribution in [2.24, 2.45) is 34.8 Å². The molecular formula is C69H106Cl4FN17O8+2. The number of aryl methyl sites for hydroxylation is 3. The second kappa shape index (κ2) is 52.6. The van der Waals surface area contributed by atoms with E-state index in [0.29, 0.717) is 113 Å². The Morgan fingerprint density at radius 1 is 0.646 bits per heavy atom. The Kier molecular flexibility index (Phi) is 48.2. The van der Waals surface area contributed by atoms with Gasteiger partial charge in [-0.2, -0.15) is 0 Å². The van der Waals surface area contributed by atoms with Gasteiger partial charge in [-0.25, -0.2) is 24.1 Å². The van der Waals surface area contributed by atoms with E-state index >= 15 is 0 Å². The number of halogens is 5. The van der Waals surface area contributed by atoms with E-state index in [2.05, 4.69) is 94.0 Å². The highest BCUT2D eigenvalue weighted by molar-refractivity contribution is 6.35. The van der Waals surface area contributed by atoms with Gasteiger partial charge in [-0.3, -0.25) is 60.4 Å². The molecule has 0 aliphatic rings. The summed E-state index contributed by atoms with van der Waals surface area (Å²) in [7, 11) is 2.40. The smallest absolute Gasteiger partial charge is 0.375 e. The number of hydrogen-bond acceptors (Lipinski definition) is 13. The highest BCUT2D eigenvalue weighted by Gasteiger charge is 2.28. The molecular weight excluding hydrogens is 1360 g/mol. The van der Waals surface area contributed by atoms with Gasteiger partial charge >= 0.3 is 17.9 Å². The van der Waals surface area contributed by atoms with Gasteiger partial charge in [0.1, 0.15) is 24.0 Å². The van der Waals surface area contributed by atoms with Crippen molar-refractivity contribution in [1.29, 1.82) is 0 Å². The Bertz CT molecular complexity index is 3400. The molecule has 2 aromatic heterocycles. The van der Waals surface area contributed by atoms with Crippen molar-refractivity contribution in [1.82, 2.24) is 56.1 Å². The fourth-order valence-corrected chi connectivity index (χ4v) is 9.47. The quantitative estimate of drug-likeness (QED) is 0.0113. The maximum absolute atomic E-state index is 13.1. The second-order valence-corrected chi connectivity index (χ2v) is 24.3. The van der Waals surface area contributed by atoms with E-state index in [4.69, 9.17) is 80.6 Å². The third-order valence-corrected chi connectivity index (χ3v) is 14.2. The van der Waals surface area contributed by atoms with Crippen molar-refractivity contribution >= 4 is 99.9 Å². The Labute approximate surface area is 604 Å². The summed E-state index contributed by atoms with van der Waals surface area (Å²) in [5, 5.41) is 32.8. The van der Waals surface area contributed by atoms with E-state index in [9.17, 15) is 33.2 Å². The van der Waals surface area contributed by atoms with Crippen LogP contribution in [-0.4, -0.2) is 147 Å². The maximum Gasteiger partial charge on any atom is 0.375 e. The number of guanidine groups is 2. The van der Waals surface area contributed by atoms with E-state index in [1.165, 1.54) is 60.5 Å². The predicted octanol–water partition coefficient (Wildman–Crippen LogP) is 6.51. The number of aromatic carboxylic acids is 1. The number of nitrogens with two attached hydrogens (primary N) is 4. The summed E-state index contributed by atoms with van der Waals surface area (Å²) in [5.41, 5.74) is 26.2. The molecule has 0 bridgehead atoms. The van der Waals surface area contributed by atoms with Crippen molar-refractivity contribution in [3.63, 3.8) is 0 Å². The summed E-state index contributed by atoms with van der Waals surface area (Å²) in [6.45, 7) is 19.6. The van der Waals surface area contributed by atoms with Crippen molar-refractivity contribution in [2.45, 2.75) is 165 Å². The molecule has 99 heavy (non-hydrogen) atoms. The van der Waals surface area contributed by atoms with Crippen molar-refractivity contribution in [2.75, 3.05) is 34.3 Å². The minimum absolute atomic E-state index is 0. The Morgan fingerprint density at radius 2 is 1.03 bits per heavy atom. The van der Waals surface area contributed by atoms with E-state index in [0.717, 1.165) is 6.29 Å². The molecule has 6 rings (SSSR count). The number of carbonyl (C=O) groups excluding carboxylic acids is 6. The average Bonchev–Trinajstić information content (AvgIpc) is 1.68. The number of amides is 3. The number of carbonyl (C=O) groups is 7. The van der Waals surface area contributed by atoms with Gasteiger partial charge < -0.3 is 37.3 Å². The Hall–Kier alpha value is -8.40. The van der Waals surface area contributed by atoms with E-state index in [1.807, 2.05) is 58.0 Å². The summed E-state index contributed by atoms with van der Waals surface area (Å²) in [5.74, 6) is -0.841. The number of ketones is 2. The Morgan fingerprint density at radius 3 is 1.38 bits per heavy atom. The lowest BCUT2D eigenvalue weighted by molar-refractivity contribution is -0.423. The number of unbranched alkanes of at least 4 members (excludes halogenated alkanes) is 1. The van der Waals surface area contributed by atoms with Gasteiger partial charge in [0.2, 0.25) is 17.6 Å². The number of hydrogen-bond donors (Lipinski definition) is 12. The first-order valence-corrected chi connectivity index (χ1v) is 33.2. The number of alkyl halides is 1. The van der Waals surface area contributed by atoms with Crippen LogP contribution >= 0.6 is 46.4 Å². The molecule has 0 radical (unpaired) electrons. The fourth-order valence-electron chi connectivity index (χ4n) is 8.44. The highest BCUT2D eigenvalue weighted by Crippen LogP contribution is 2.24. The molecule has 16 N–H and O–H groups in total. The first-order valence-electron chi connectivity index (χ1n) is 32.4. The van der Waals surface area contributed by atoms with E-state index in [-0.39, 0.29) is 48.9 Å². The van der Waals surface area contributed by atoms with Gasteiger partial charge in [0, 0.05) is 26.6 Å². The van der Waals surface area contributed by atoms with Crippen LogP contribution in [0.3, 0.4) is 0 Å². The summed E-state index contributed by atoms with van der Waals surface area (Å²) in [6, 6.07) is 27.7. The minimum Gasteiger partial charge on any atom is -0.475 e. The summed E-state index contributed by atoms with van der Waals surface area (Å²) >= 11 is 23.9. The number of carboxylic acids is 1. The number of carboxylic acid groups (broad SMARTS) is 1. The Balaban J connectivity index is 0. The molecule has 4 aromatic carbocycles. The summed E-state index contributed by atoms with van der Waals surface area (Å²) < 4.78 is 18.3. The lowest BCUT2D eigenvalue weighted by atomic mass is 10.00. The van der Waals surface area contributed by atoms with Crippen LogP contribution in [0.1, 0.15) is 160 Å². The summed E-state index contributed by atoms with van der Waals surface area (Å²) in [4.78, 5) is 95.0. The third kappa shape index (κ3) is 39.7. The van der Waals surface area contributed by atoms with Crippen molar-refractivity contribution < 1.29 is 54.4 Å². The second-order valence-electron chi connectivity index (χ2n) is 22.6. The first kappa shape index (κ1) is 90.6. The van der Waals surface area contributed by atoms with E-state index < -0.39 is 49.1 Å². The lowest BCUT2D eigenvalue weighted by Gasteiger charge is -2.22. The van der Waals surface area contributed by atoms with Crippen LogP contribution in [-0.2, 0) is 36.9 Å². The van der Waals surface area contributed by atoms with Crippen LogP contribution in [0.25, 0.3) is 11.4 Å². The van der Waals surface area contributed by atoms with Crippen molar-refractivity contribution in [3.8, 4) is 11.4 Å². The molecule has 548 valence electrons. The molecule has 0 fully saturated rings. The number of nitrogens with one attached hydrogen (secondary N) is 7. The number of rotatable bonds is 27. The molecule has 0 saturated carbocycles. The van der Waals surface area contributed by atoms with Gasteiger partial charge in [0.15, 0.2) is 11.6 Å². The number of aldehydes is 1. The number of benzene rings is 4. The van der Waals surface area contributed by atoms with Crippen LogP contribution < -0.4 is 59.5 Å². The van der Waals surface area contributed by atoms with Gasteiger partial charge in [0.25, 0.3) is 11.7 Å². The zero-order chi connectivity index (χ0) is 75.2. The van der Waals surface area contributed by atoms with Crippen molar-refractivity contribution in [3.05, 3.63) is 152 Å². The molecule has 0 unspecified atom stereocenters. The normalized spacial score (nSPS) is 11.9. The van der Waals surface area contributed by atoms with Crippen LogP contribution in [0.2, 0.25) is 20.1 Å². The first-order chi connectivity index (χ1) is 46.8. The van der Waals surface area contributed by atoms with Crippen LogP contribution in [0.15, 0.2) is 97.1 Å². The standard InChI is InChI=1S/C24H34Cl2N8O3.C14H29N5O2.C10H7Cl2N3O2.C10H14.C7H9N.C2H4O.CH3F.CH4/c1-13(2)9-20(14(3)35)32-22(36)19(7-6-8-29-24(27)28-5)31-23(37)21-30-15(4)34(33-21)18-11-16(25)10-17(26)12-18;1-9(2)8-12(10(3)20)19-13(21)11(15)6-5-7-18-14(16)17-4;1-5-13-9(10(16)17)14-15(5)8-3-6(11)2-7(12)4-8;1-2-3-7-10-8-5-4-6-9-10;8-6-7-4-2-1-3-5-7;1-2-3;1-2;/h10-13,19-20H,6-9H2,1-5H3,(H,31,37)(H,32,36)(H3,27,28,29);9,11-12H,5-8,15H2,1-4H3,(H,19,21)(H3,16,17,18);2-4H,1H3,(H,16,17);4-6,8-9H,2-3,7H2,1H3;1-5H,6,8H2;2H,1H3;1H3;1H4/p+2/t19-,20+;11-,12-;;;;;;/m00....../s1/i;;;;;;1D;. The molecule has 0 spiro atoms. The minimum atomic E-state index is -1.18. The van der Waals surface area contributed by atoms with Crippen LogP contribution in [0.4, 0.5) is 4.39 Å². The van der Waals surface area contributed by atoms with Gasteiger partial charge in [-0.05, 0) is 145 Å². The number of aromatic nitrogens is 6. The zero-order valence-electron chi connectivity index (χ0n) is 59.2. The fraction of sp³-hybridized carbons (Fsp3) is 0.464. The third-order valence-electron chi connectivity index (χ3n) is 13.4. The zero-order valence-corrected chi connectivity index (χ0v) is 61.2. The van der Waals surface area contributed by atoms with Gasteiger partial charge in [0.05, 0.1) is 65.2 Å². The molecule has 0 aliphatic carbocycles. The molecule has 3 amide bonds. The molecule has 2 heterocycles. The molecule has 0 aliphatic heterocycles. The molecule has 30 heteroatoms. The molecule has 6 aromatic rings. The number of nitrogens with zero attached hydrogens (tertiary/aromatic N) is 6. The predicted molar refractivity (Wildman–Crippen MR) is 394 cm³/mol. The SMILES string of the molecule is C.CC=O.CCCCc1ccccc1.C[NH+]=C(N)NCCC[C@H](N)C(=O)N[C@@H](CC(C)C)C(C)=O.C[NH+]=C(N)NCCC[C@H](NC(=O)c1nc(C)n(-c2cc(Cl)cc(Cl)c2)n1)C(=O)N[C@H](CC(C)C)C(C)=O.Cc1nc(C(=O)O)nn1-c1cc(Cl)cc(Cl)c1.NCc1ccccc1.[2H]CF. The van der Waals surface area contributed by atoms with Gasteiger partial charge in [-0.1, -0.05) is 156 Å². The summed E-state index contributed by atoms with van der Waals surface area (Å²) in [6.07, 6.45) is 7.74.